The predicted octanol–water partition coefficient (Wildman–Crippen LogP) is 0.269. The van der Waals surface area contributed by atoms with Crippen molar-refractivity contribution in [1.82, 2.24) is 14.5 Å². The van der Waals surface area contributed by atoms with Crippen LogP contribution in [0.15, 0.2) is 52.2 Å². The van der Waals surface area contributed by atoms with Gasteiger partial charge in [-0.1, -0.05) is 30.3 Å². The van der Waals surface area contributed by atoms with E-state index in [1.54, 1.807) is 0 Å². The molecule has 8 heteroatoms. The number of hydrogen-bond donors (Lipinski definition) is 1. The topological polar surface area (TPSA) is 99.4 Å². The van der Waals surface area contributed by atoms with E-state index in [0.29, 0.717) is 0 Å². The molecule has 0 spiro atoms. The van der Waals surface area contributed by atoms with E-state index in [1.807, 2.05) is 30.3 Å². The lowest BCUT2D eigenvalue weighted by atomic mass is 10.2. The van der Waals surface area contributed by atoms with E-state index in [1.165, 1.54) is 23.8 Å². The van der Waals surface area contributed by atoms with Gasteiger partial charge in [0, 0.05) is 18.3 Å². The Bertz CT molecular complexity index is 944. The summed E-state index contributed by atoms with van der Waals surface area (Å²) >= 11 is 0. The summed E-state index contributed by atoms with van der Waals surface area (Å²) < 4.78 is 7.20. The highest BCUT2D eigenvalue weighted by Gasteiger charge is 2.27. The van der Waals surface area contributed by atoms with E-state index >= 15 is 0 Å². The van der Waals surface area contributed by atoms with Crippen molar-refractivity contribution in [3.8, 4) is 0 Å². The fourth-order valence-corrected chi connectivity index (χ4v) is 2.57. The number of carbonyl (C=O) groups excluding carboxylic acids is 2. The maximum Gasteiger partial charge on any atom is 0.331 e. The molecule has 0 unspecified atom stereocenters. The maximum absolute atomic E-state index is 12.5. The van der Waals surface area contributed by atoms with E-state index in [-0.39, 0.29) is 18.5 Å². The van der Waals surface area contributed by atoms with Crippen molar-refractivity contribution in [1.29, 1.82) is 0 Å². The largest absolute Gasteiger partial charge is 0.451 e. The molecule has 3 rings (SSSR count). The average molecular weight is 371 g/mol. The van der Waals surface area contributed by atoms with Crippen LogP contribution in [-0.2, 0) is 27.4 Å². The molecule has 1 atom stereocenters. The number of hydrogen-bond acceptors (Lipinski definition) is 5. The molecule has 1 saturated carbocycles. The van der Waals surface area contributed by atoms with Crippen LogP contribution in [0.3, 0.4) is 0 Å². The number of nitrogens with one attached hydrogen (secondary N) is 1. The highest BCUT2D eigenvalue weighted by Crippen LogP contribution is 2.18. The summed E-state index contributed by atoms with van der Waals surface area (Å²) in [6.45, 7) is 1.18. The SMILES string of the molecule is C[C@@H](OC(=O)Cn1c(=O)ccn(Cc2ccccc2)c1=O)C(=O)NC1CC1. The smallest absolute Gasteiger partial charge is 0.331 e. The third-order valence-electron chi connectivity index (χ3n) is 4.22. The zero-order chi connectivity index (χ0) is 19.4. The van der Waals surface area contributed by atoms with Crippen molar-refractivity contribution >= 4 is 11.9 Å². The summed E-state index contributed by atoms with van der Waals surface area (Å²) in [6.07, 6.45) is 2.26. The van der Waals surface area contributed by atoms with Gasteiger partial charge in [0.1, 0.15) is 6.54 Å². The summed E-state index contributed by atoms with van der Waals surface area (Å²) in [4.78, 5) is 48.5. The lowest BCUT2D eigenvalue weighted by molar-refractivity contribution is -0.155. The van der Waals surface area contributed by atoms with E-state index < -0.39 is 29.9 Å². The molecule has 1 aliphatic carbocycles. The average Bonchev–Trinajstić information content (AvgIpc) is 3.46. The summed E-state index contributed by atoms with van der Waals surface area (Å²) in [7, 11) is 0. The summed E-state index contributed by atoms with van der Waals surface area (Å²) in [5.74, 6) is -1.20. The third-order valence-corrected chi connectivity index (χ3v) is 4.22. The van der Waals surface area contributed by atoms with Crippen LogP contribution in [0.4, 0.5) is 0 Å². The molecular weight excluding hydrogens is 350 g/mol. The molecule has 142 valence electrons. The Morgan fingerprint density at radius 1 is 1.19 bits per heavy atom. The van der Waals surface area contributed by atoms with Crippen molar-refractivity contribution in [2.24, 2.45) is 0 Å². The number of esters is 1. The number of benzene rings is 1. The van der Waals surface area contributed by atoms with Gasteiger partial charge in [-0.05, 0) is 25.3 Å². The van der Waals surface area contributed by atoms with Crippen LogP contribution < -0.4 is 16.6 Å². The van der Waals surface area contributed by atoms with Gasteiger partial charge in [-0.25, -0.2) is 9.36 Å². The van der Waals surface area contributed by atoms with Gasteiger partial charge in [-0.2, -0.15) is 0 Å². The van der Waals surface area contributed by atoms with Gasteiger partial charge in [0.05, 0.1) is 6.54 Å². The molecule has 1 aliphatic rings. The first-order valence-electron chi connectivity index (χ1n) is 8.78. The standard InChI is InChI=1S/C19H21N3O5/c1-13(18(25)20-15-7-8-15)27-17(24)12-22-16(23)9-10-21(19(22)26)11-14-5-3-2-4-6-14/h2-6,9-10,13,15H,7-8,11-12H2,1H3,(H,20,25)/t13-/m1/s1. The Hall–Kier alpha value is -3.16. The van der Waals surface area contributed by atoms with E-state index in [0.717, 1.165) is 23.0 Å². The number of aromatic nitrogens is 2. The van der Waals surface area contributed by atoms with Crippen LogP contribution in [0.1, 0.15) is 25.3 Å². The van der Waals surface area contributed by atoms with Crippen LogP contribution in [0, 0.1) is 0 Å². The summed E-state index contributed by atoms with van der Waals surface area (Å²) in [5.41, 5.74) is -0.326. The second-order valence-electron chi connectivity index (χ2n) is 6.55. The Kier molecular flexibility index (Phi) is 5.54. The van der Waals surface area contributed by atoms with Crippen LogP contribution >= 0.6 is 0 Å². The molecule has 0 bridgehead atoms. The van der Waals surface area contributed by atoms with Crippen molar-refractivity contribution in [3.05, 3.63) is 69.0 Å². The lowest BCUT2D eigenvalue weighted by Gasteiger charge is -2.14. The van der Waals surface area contributed by atoms with Crippen molar-refractivity contribution < 1.29 is 14.3 Å². The van der Waals surface area contributed by atoms with E-state index in [4.69, 9.17) is 4.74 Å². The number of rotatable bonds is 7. The van der Waals surface area contributed by atoms with Crippen molar-refractivity contribution in [3.63, 3.8) is 0 Å². The number of carbonyl (C=O) groups is 2. The fraction of sp³-hybridized carbons (Fsp3) is 0.368. The number of ether oxygens (including phenoxy) is 1. The second-order valence-corrected chi connectivity index (χ2v) is 6.55. The molecular formula is C19H21N3O5. The normalized spacial score (nSPS) is 14.4. The predicted molar refractivity (Wildman–Crippen MR) is 97.2 cm³/mol. The highest BCUT2D eigenvalue weighted by molar-refractivity contribution is 5.83. The van der Waals surface area contributed by atoms with Gasteiger partial charge in [0.15, 0.2) is 6.10 Å². The molecule has 0 radical (unpaired) electrons. The molecule has 1 aromatic carbocycles. The lowest BCUT2D eigenvalue weighted by Crippen LogP contribution is -2.43. The zero-order valence-electron chi connectivity index (χ0n) is 15.0. The molecule has 1 heterocycles. The molecule has 27 heavy (non-hydrogen) atoms. The minimum absolute atomic E-state index is 0.153. The third kappa shape index (κ3) is 4.93. The fourth-order valence-electron chi connectivity index (χ4n) is 2.57. The maximum atomic E-state index is 12.5. The second kappa shape index (κ2) is 8.03. The van der Waals surface area contributed by atoms with E-state index in [9.17, 15) is 19.2 Å². The molecule has 0 aliphatic heterocycles. The molecule has 1 fully saturated rings. The molecule has 1 amide bonds. The molecule has 1 aromatic heterocycles. The Morgan fingerprint density at radius 2 is 1.89 bits per heavy atom. The van der Waals surface area contributed by atoms with Gasteiger partial charge in [-0.15, -0.1) is 0 Å². The van der Waals surface area contributed by atoms with Gasteiger partial charge >= 0.3 is 11.7 Å². The van der Waals surface area contributed by atoms with Crippen molar-refractivity contribution in [2.45, 2.75) is 45.0 Å². The van der Waals surface area contributed by atoms with Gasteiger partial charge in [0.25, 0.3) is 11.5 Å². The van der Waals surface area contributed by atoms with Gasteiger partial charge < -0.3 is 10.1 Å². The molecule has 1 N–H and O–H groups in total. The first-order valence-corrected chi connectivity index (χ1v) is 8.78. The number of nitrogens with zero attached hydrogens (tertiary/aromatic N) is 2. The van der Waals surface area contributed by atoms with Gasteiger partial charge in [0.2, 0.25) is 0 Å². The zero-order valence-corrected chi connectivity index (χ0v) is 15.0. The molecule has 8 nitrogen and oxygen atoms in total. The molecule has 0 saturated heterocycles. The first kappa shape index (κ1) is 18.6. The van der Waals surface area contributed by atoms with E-state index in [2.05, 4.69) is 5.32 Å². The quantitative estimate of drug-likeness (QED) is 0.704. The minimum Gasteiger partial charge on any atom is -0.451 e. The first-order chi connectivity index (χ1) is 12.9. The monoisotopic (exact) mass is 371 g/mol. The molecule has 2 aromatic rings. The van der Waals surface area contributed by atoms with Crippen LogP contribution in [-0.4, -0.2) is 33.2 Å². The highest BCUT2D eigenvalue weighted by atomic mass is 16.5. The summed E-state index contributed by atoms with van der Waals surface area (Å²) in [6, 6.07) is 10.7. The Labute approximate surface area is 155 Å². The van der Waals surface area contributed by atoms with Crippen LogP contribution in [0.2, 0.25) is 0 Å². The minimum atomic E-state index is -0.982. The van der Waals surface area contributed by atoms with Crippen molar-refractivity contribution in [2.75, 3.05) is 0 Å². The Balaban J connectivity index is 1.69. The summed E-state index contributed by atoms with van der Waals surface area (Å²) in [5, 5.41) is 2.73. The van der Waals surface area contributed by atoms with Crippen LogP contribution in [0.5, 0.6) is 0 Å². The van der Waals surface area contributed by atoms with Crippen LogP contribution in [0.25, 0.3) is 0 Å². The van der Waals surface area contributed by atoms with Gasteiger partial charge in [-0.3, -0.25) is 19.0 Å². The number of amides is 1. The Morgan fingerprint density at radius 3 is 2.56 bits per heavy atom.